The van der Waals surface area contributed by atoms with E-state index in [1.807, 2.05) is 24.3 Å². The minimum atomic E-state index is -0.913. The number of hydrogen-bond donors (Lipinski definition) is 5. The zero-order valence-corrected chi connectivity index (χ0v) is 29.4. The van der Waals surface area contributed by atoms with Crippen LogP contribution in [0.15, 0.2) is 66.7 Å². The molecule has 2 bridgehead atoms. The van der Waals surface area contributed by atoms with E-state index in [0.29, 0.717) is 36.8 Å². The van der Waals surface area contributed by atoms with E-state index in [4.69, 9.17) is 9.47 Å². The number of aromatic hydroxyl groups is 1. The molecule has 3 aliphatic heterocycles. The second kappa shape index (κ2) is 15.9. The third kappa shape index (κ3) is 8.33. The Labute approximate surface area is 292 Å². The van der Waals surface area contributed by atoms with Crippen LogP contribution in [0.2, 0.25) is 0 Å². The van der Waals surface area contributed by atoms with Crippen molar-refractivity contribution in [2.75, 3.05) is 45.9 Å². The van der Waals surface area contributed by atoms with Crippen molar-refractivity contribution < 1.29 is 34.4 Å². The highest BCUT2D eigenvalue weighted by Crippen LogP contribution is 2.43. The molecule has 49 heavy (non-hydrogen) atoms. The standard InChI is InChI=1S/C41H56N2O6/c1-29-23-32(30(2)42-25-38(46)33-13-15-37(45)34(24-33)27-44)14-16-39(29)48-22-8-19-43-20-17-31(18-21-43)40(26-43)49-28-41(47,36-11-6-7-12-36)35-9-4-3-5-10-35/h3-5,9-10,13-16,23-24,30-31,36,38,40,42,44,46-47H,6-8,11-12,17-22,25-28H2,1-2H3/p+1/t30-,31?,38+,40+,41?,43?/m1/s1. The number of quaternary nitrogens is 1. The molecule has 266 valence electrons. The molecule has 4 atom stereocenters. The Balaban J connectivity index is 0.972. The topological polar surface area (TPSA) is 111 Å². The second-order valence-electron chi connectivity index (χ2n) is 15.1. The number of nitrogens with one attached hydrogen (secondary N) is 1. The SMILES string of the molecule is Cc1cc([C@@H](C)NC[C@H](O)c2ccc(O)c(CO)c2)ccc1OCCC[N+]12CCC(CC1)[C@@H](OCC(O)(c1ccccc1)C1CCCC1)C2. The molecule has 1 saturated carbocycles. The first-order valence-electron chi connectivity index (χ1n) is 18.5. The van der Waals surface area contributed by atoms with E-state index in [9.17, 15) is 20.4 Å². The molecule has 4 aliphatic rings. The summed E-state index contributed by atoms with van der Waals surface area (Å²) in [5.74, 6) is 1.79. The first-order chi connectivity index (χ1) is 23.7. The molecule has 4 fully saturated rings. The molecule has 5 N–H and O–H groups in total. The number of ether oxygens (including phenoxy) is 2. The predicted octanol–water partition coefficient (Wildman–Crippen LogP) is 6.05. The molecule has 0 aromatic heterocycles. The van der Waals surface area contributed by atoms with Crippen molar-refractivity contribution in [3.8, 4) is 11.5 Å². The Kier molecular flexibility index (Phi) is 11.6. The fraction of sp³-hybridized carbons (Fsp3) is 0.561. The van der Waals surface area contributed by atoms with Crippen LogP contribution in [-0.4, -0.2) is 77.0 Å². The lowest BCUT2D eigenvalue weighted by Crippen LogP contribution is -2.65. The Bertz CT molecular complexity index is 1500. The molecule has 8 nitrogen and oxygen atoms in total. The molecule has 7 rings (SSSR count). The van der Waals surface area contributed by atoms with Crippen LogP contribution in [-0.2, 0) is 16.9 Å². The van der Waals surface area contributed by atoms with Crippen molar-refractivity contribution in [1.82, 2.24) is 5.32 Å². The quantitative estimate of drug-likeness (QED) is 0.0931. The van der Waals surface area contributed by atoms with Crippen molar-refractivity contribution in [2.45, 2.75) is 89.3 Å². The van der Waals surface area contributed by atoms with Crippen LogP contribution in [0.1, 0.15) is 91.8 Å². The smallest absolute Gasteiger partial charge is 0.122 e. The molecule has 3 saturated heterocycles. The molecule has 0 radical (unpaired) electrons. The average Bonchev–Trinajstić information content (AvgIpc) is 3.69. The van der Waals surface area contributed by atoms with Crippen LogP contribution in [0.4, 0.5) is 0 Å². The maximum Gasteiger partial charge on any atom is 0.122 e. The van der Waals surface area contributed by atoms with E-state index >= 15 is 0 Å². The van der Waals surface area contributed by atoms with Gasteiger partial charge in [0, 0.05) is 43.3 Å². The maximum absolute atomic E-state index is 12.0. The monoisotopic (exact) mass is 673 g/mol. The number of aliphatic hydroxyl groups is 3. The molecule has 3 aromatic carbocycles. The Morgan fingerprint density at radius 1 is 0.959 bits per heavy atom. The highest BCUT2D eigenvalue weighted by molar-refractivity contribution is 5.38. The van der Waals surface area contributed by atoms with Gasteiger partial charge in [-0.25, -0.2) is 0 Å². The van der Waals surface area contributed by atoms with Crippen LogP contribution in [0.3, 0.4) is 0 Å². The van der Waals surface area contributed by atoms with Gasteiger partial charge in [-0.3, -0.25) is 0 Å². The second-order valence-corrected chi connectivity index (χ2v) is 15.1. The zero-order valence-electron chi connectivity index (χ0n) is 29.4. The summed E-state index contributed by atoms with van der Waals surface area (Å²) in [6, 6.07) is 21.3. The summed E-state index contributed by atoms with van der Waals surface area (Å²) in [4.78, 5) is 0. The summed E-state index contributed by atoms with van der Waals surface area (Å²) in [7, 11) is 0. The van der Waals surface area contributed by atoms with Gasteiger partial charge in [0.2, 0.25) is 0 Å². The molecule has 3 heterocycles. The fourth-order valence-electron chi connectivity index (χ4n) is 8.67. The lowest BCUT2D eigenvalue weighted by atomic mass is 9.80. The summed E-state index contributed by atoms with van der Waals surface area (Å²) in [6.45, 7) is 9.81. The minimum absolute atomic E-state index is 0.0201. The minimum Gasteiger partial charge on any atom is -0.508 e. The summed E-state index contributed by atoms with van der Waals surface area (Å²) < 4.78 is 14.1. The molecular weight excluding hydrogens is 616 g/mol. The molecule has 1 unspecified atom stereocenters. The van der Waals surface area contributed by atoms with Gasteiger partial charge in [-0.05, 0) is 73.1 Å². The Morgan fingerprint density at radius 2 is 1.69 bits per heavy atom. The van der Waals surface area contributed by atoms with Gasteiger partial charge in [0.15, 0.2) is 0 Å². The van der Waals surface area contributed by atoms with Gasteiger partial charge < -0.3 is 39.7 Å². The van der Waals surface area contributed by atoms with Gasteiger partial charge >= 0.3 is 0 Å². The van der Waals surface area contributed by atoms with Gasteiger partial charge in [0.1, 0.15) is 29.7 Å². The van der Waals surface area contributed by atoms with Crippen molar-refractivity contribution >= 4 is 0 Å². The van der Waals surface area contributed by atoms with Gasteiger partial charge in [-0.15, -0.1) is 0 Å². The normalized spacial score (nSPS) is 24.8. The summed E-state index contributed by atoms with van der Waals surface area (Å²) in [6.07, 6.45) is 7.34. The van der Waals surface area contributed by atoms with Gasteiger partial charge in [0.25, 0.3) is 0 Å². The summed E-state index contributed by atoms with van der Waals surface area (Å²) in [5, 5.41) is 45.3. The highest BCUT2D eigenvalue weighted by Gasteiger charge is 2.48. The lowest BCUT2D eigenvalue weighted by Gasteiger charge is -2.53. The average molecular weight is 674 g/mol. The van der Waals surface area contributed by atoms with E-state index < -0.39 is 11.7 Å². The van der Waals surface area contributed by atoms with Crippen LogP contribution in [0.5, 0.6) is 11.5 Å². The number of benzene rings is 3. The number of piperidine rings is 3. The van der Waals surface area contributed by atoms with Gasteiger partial charge in [-0.2, -0.15) is 0 Å². The number of hydrogen-bond acceptors (Lipinski definition) is 7. The summed E-state index contributed by atoms with van der Waals surface area (Å²) >= 11 is 0. The van der Waals surface area contributed by atoms with Crippen molar-refractivity contribution in [2.24, 2.45) is 11.8 Å². The van der Waals surface area contributed by atoms with E-state index in [-0.39, 0.29) is 30.4 Å². The van der Waals surface area contributed by atoms with Crippen LogP contribution in [0.25, 0.3) is 0 Å². The van der Waals surface area contributed by atoms with Crippen LogP contribution < -0.4 is 10.1 Å². The number of phenols is 1. The molecule has 0 amide bonds. The number of aliphatic hydroxyl groups excluding tert-OH is 2. The third-order valence-corrected chi connectivity index (χ3v) is 11.9. The van der Waals surface area contributed by atoms with Crippen LogP contribution >= 0.6 is 0 Å². The number of rotatable bonds is 16. The number of nitrogens with zero attached hydrogens (tertiary/aromatic N) is 1. The first kappa shape index (κ1) is 35.8. The van der Waals surface area contributed by atoms with E-state index in [1.54, 1.807) is 12.1 Å². The molecule has 1 aliphatic carbocycles. The molecule has 0 spiro atoms. The van der Waals surface area contributed by atoms with Crippen LogP contribution in [0, 0.1) is 18.8 Å². The van der Waals surface area contributed by atoms with Gasteiger partial charge in [0.05, 0.1) is 45.6 Å². The van der Waals surface area contributed by atoms with Crippen molar-refractivity contribution in [3.63, 3.8) is 0 Å². The lowest BCUT2D eigenvalue weighted by molar-refractivity contribution is -0.946. The van der Waals surface area contributed by atoms with Crippen molar-refractivity contribution in [3.05, 3.63) is 94.5 Å². The summed E-state index contributed by atoms with van der Waals surface area (Å²) in [5.41, 5.74) is 3.35. The van der Waals surface area contributed by atoms with E-state index in [1.165, 1.54) is 44.8 Å². The zero-order chi connectivity index (χ0) is 34.4. The van der Waals surface area contributed by atoms with Crippen molar-refractivity contribution in [1.29, 1.82) is 0 Å². The predicted molar refractivity (Wildman–Crippen MR) is 191 cm³/mol. The molecule has 8 heteroatoms. The fourth-order valence-corrected chi connectivity index (χ4v) is 8.67. The number of aryl methyl sites for hydroxylation is 1. The largest absolute Gasteiger partial charge is 0.508 e. The number of fused-ring (bicyclic) bond motifs is 3. The first-order valence-corrected chi connectivity index (χ1v) is 18.5. The third-order valence-electron chi connectivity index (χ3n) is 11.9. The Morgan fingerprint density at radius 3 is 2.41 bits per heavy atom. The Hall–Kier alpha value is -2.98. The highest BCUT2D eigenvalue weighted by atomic mass is 16.5. The molecular formula is C41H57N2O6+. The molecule has 3 aromatic rings. The maximum atomic E-state index is 12.0. The van der Waals surface area contributed by atoms with E-state index in [0.717, 1.165) is 59.3 Å². The van der Waals surface area contributed by atoms with Gasteiger partial charge in [-0.1, -0.05) is 61.4 Å². The van der Waals surface area contributed by atoms with E-state index in [2.05, 4.69) is 43.4 Å².